The highest BCUT2D eigenvalue weighted by Crippen LogP contribution is 2.40. The number of aliphatic carboxylic acids is 1. The van der Waals surface area contributed by atoms with Crippen LogP contribution in [0.3, 0.4) is 0 Å². The number of aromatic nitrogens is 1. The molecular weight excluding hydrogens is 346 g/mol. The topological polar surface area (TPSA) is 90.8 Å². The Balaban J connectivity index is 1.53. The van der Waals surface area contributed by atoms with E-state index in [0.29, 0.717) is 38.9 Å². The van der Waals surface area contributed by atoms with Crippen LogP contribution >= 0.6 is 0 Å². The Kier molecular flexibility index (Phi) is 5.77. The van der Waals surface area contributed by atoms with Gasteiger partial charge in [-0.15, -0.1) is 0 Å². The number of carbonyl (C=O) groups is 3. The number of pyridine rings is 1. The second kappa shape index (κ2) is 8.06. The fourth-order valence-electron chi connectivity index (χ4n) is 4.12. The fourth-order valence-corrected chi connectivity index (χ4v) is 4.12. The van der Waals surface area contributed by atoms with Gasteiger partial charge in [0, 0.05) is 44.9 Å². The molecule has 146 valence electrons. The molecule has 0 bridgehead atoms. The zero-order valence-corrected chi connectivity index (χ0v) is 15.8. The first kappa shape index (κ1) is 19.3. The highest BCUT2D eigenvalue weighted by molar-refractivity contribution is 5.84. The minimum atomic E-state index is -0.969. The van der Waals surface area contributed by atoms with Crippen molar-refractivity contribution in [3.8, 4) is 0 Å². The zero-order chi connectivity index (χ0) is 19.4. The Bertz CT molecular complexity index is 698. The van der Waals surface area contributed by atoms with Crippen LogP contribution in [-0.2, 0) is 20.8 Å². The first-order chi connectivity index (χ1) is 12.9. The molecule has 1 N–H and O–H groups in total. The summed E-state index contributed by atoms with van der Waals surface area (Å²) in [7, 11) is 0. The quantitative estimate of drug-likeness (QED) is 0.849. The number of carbonyl (C=O) groups excluding carboxylic acids is 2. The molecule has 1 aromatic heterocycles. The lowest BCUT2D eigenvalue weighted by atomic mass is 9.72. The van der Waals surface area contributed by atoms with Crippen LogP contribution in [0, 0.1) is 5.41 Å². The Morgan fingerprint density at radius 2 is 2.04 bits per heavy atom. The van der Waals surface area contributed by atoms with E-state index < -0.39 is 12.0 Å². The van der Waals surface area contributed by atoms with Crippen LogP contribution < -0.4 is 0 Å². The first-order valence-corrected chi connectivity index (χ1v) is 9.59. The number of carboxylic acids is 1. The van der Waals surface area contributed by atoms with Crippen LogP contribution in [0.5, 0.6) is 0 Å². The van der Waals surface area contributed by atoms with Gasteiger partial charge in [0.15, 0.2) is 0 Å². The van der Waals surface area contributed by atoms with Crippen molar-refractivity contribution in [3.05, 3.63) is 30.1 Å². The standard InChI is InChI=1S/C20H27N3O4/c1-15(19(26)27)23-14-20(7-6-18(23)25)8-11-22(12-9-20)17(24)5-4-16-3-2-10-21-13-16/h2-3,10,13,15H,4-9,11-12,14H2,1H3,(H,26,27)/t15-/m1/s1. The maximum atomic E-state index is 12.5. The van der Waals surface area contributed by atoms with Gasteiger partial charge in [0.2, 0.25) is 11.8 Å². The molecule has 0 unspecified atom stereocenters. The summed E-state index contributed by atoms with van der Waals surface area (Å²) in [5.41, 5.74) is 1.00. The molecule has 2 amide bonds. The second-order valence-electron chi connectivity index (χ2n) is 7.78. The van der Waals surface area contributed by atoms with Crippen LogP contribution in [0.4, 0.5) is 0 Å². The van der Waals surface area contributed by atoms with Gasteiger partial charge >= 0.3 is 5.97 Å². The van der Waals surface area contributed by atoms with Crippen molar-refractivity contribution >= 4 is 17.8 Å². The molecule has 2 fully saturated rings. The molecule has 0 radical (unpaired) electrons. The van der Waals surface area contributed by atoms with E-state index in [1.165, 1.54) is 4.90 Å². The van der Waals surface area contributed by atoms with Crippen molar-refractivity contribution in [1.29, 1.82) is 0 Å². The minimum absolute atomic E-state index is 0.0578. The highest BCUT2D eigenvalue weighted by atomic mass is 16.4. The van der Waals surface area contributed by atoms with E-state index in [9.17, 15) is 19.5 Å². The Labute approximate surface area is 159 Å². The van der Waals surface area contributed by atoms with Crippen molar-refractivity contribution in [1.82, 2.24) is 14.8 Å². The van der Waals surface area contributed by atoms with E-state index in [1.54, 1.807) is 19.3 Å². The SMILES string of the molecule is C[C@H](C(=O)O)N1CC2(CCC1=O)CCN(C(=O)CCc1cccnc1)CC2. The van der Waals surface area contributed by atoms with Crippen LogP contribution in [0.1, 0.15) is 44.6 Å². The predicted molar refractivity (Wildman–Crippen MR) is 98.8 cm³/mol. The van der Waals surface area contributed by atoms with Gasteiger partial charge in [-0.1, -0.05) is 6.07 Å². The highest BCUT2D eigenvalue weighted by Gasteiger charge is 2.43. The summed E-state index contributed by atoms with van der Waals surface area (Å²) in [6.45, 7) is 3.40. The molecule has 0 saturated carbocycles. The maximum absolute atomic E-state index is 12.5. The van der Waals surface area contributed by atoms with Crippen LogP contribution in [0.2, 0.25) is 0 Å². The van der Waals surface area contributed by atoms with E-state index in [-0.39, 0.29) is 17.2 Å². The summed E-state index contributed by atoms with van der Waals surface area (Å²) >= 11 is 0. The molecule has 1 spiro atoms. The zero-order valence-electron chi connectivity index (χ0n) is 15.8. The molecule has 0 aromatic carbocycles. The summed E-state index contributed by atoms with van der Waals surface area (Å²) in [5.74, 6) is -0.898. The summed E-state index contributed by atoms with van der Waals surface area (Å²) < 4.78 is 0. The van der Waals surface area contributed by atoms with E-state index >= 15 is 0 Å². The van der Waals surface area contributed by atoms with Gasteiger partial charge < -0.3 is 14.9 Å². The van der Waals surface area contributed by atoms with Crippen molar-refractivity contribution in [3.63, 3.8) is 0 Å². The number of aryl methyl sites for hydroxylation is 1. The van der Waals surface area contributed by atoms with Gasteiger partial charge in [-0.05, 0) is 49.7 Å². The average Bonchev–Trinajstić information content (AvgIpc) is 2.69. The molecule has 1 aromatic rings. The maximum Gasteiger partial charge on any atom is 0.326 e. The Morgan fingerprint density at radius 1 is 1.30 bits per heavy atom. The molecule has 27 heavy (non-hydrogen) atoms. The number of hydrogen-bond donors (Lipinski definition) is 1. The van der Waals surface area contributed by atoms with Crippen molar-refractivity contribution in [2.45, 2.75) is 51.5 Å². The minimum Gasteiger partial charge on any atom is -0.480 e. The molecule has 3 rings (SSSR count). The third kappa shape index (κ3) is 4.46. The number of amides is 2. The monoisotopic (exact) mass is 373 g/mol. The second-order valence-corrected chi connectivity index (χ2v) is 7.78. The molecule has 2 saturated heterocycles. The van der Waals surface area contributed by atoms with Crippen molar-refractivity contribution < 1.29 is 19.5 Å². The molecular formula is C20H27N3O4. The third-order valence-corrected chi connectivity index (χ3v) is 6.05. The smallest absolute Gasteiger partial charge is 0.326 e. The fraction of sp³-hybridized carbons (Fsp3) is 0.600. The molecule has 0 aliphatic carbocycles. The van der Waals surface area contributed by atoms with Crippen molar-refractivity contribution in [2.24, 2.45) is 5.41 Å². The van der Waals surface area contributed by atoms with Gasteiger partial charge in [0.05, 0.1) is 0 Å². The summed E-state index contributed by atoms with van der Waals surface area (Å²) in [5, 5.41) is 9.26. The molecule has 2 aliphatic heterocycles. The van der Waals surface area contributed by atoms with E-state index in [4.69, 9.17) is 0 Å². The first-order valence-electron chi connectivity index (χ1n) is 9.59. The summed E-state index contributed by atoms with van der Waals surface area (Å²) in [4.78, 5) is 43.5. The Morgan fingerprint density at radius 3 is 2.67 bits per heavy atom. The van der Waals surface area contributed by atoms with Gasteiger partial charge in [-0.3, -0.25) is 14.6 Å². The van der Waals surface area contributed by atoms with Crippen LogP contribution in [0.15, 0.2) is 24.5 Å². The normalized spacial score (nSPS) is 20.6. The van der Waals surface area contributed by atoms with Crippen LogP contribution in [-0.4, -0.2) is 63.4 Å². The number of likely N-dealkylation sites (tertiary alicyclic amines) is 2. The molecule has 1 atom stereocenters. The lowest BCUT2D eigenvalue weighted by Crippen LogP contribution is -2.55. The van der Waals surface area contributed by atoms with Gasteiger partial charge in [0.25, 0.3) is 0 Å². The van der Waals surface area contributed by atoms with Gasteiger partial charge in [-0.25, -0.2) is 4.79 Å². The lowest BCUT2D eigenvalue weighted by molar-refractivity contribution is -0.155. The number of rotatable bonds is 5. The summed E-state index contributed by atoms with van der Waals surface area (Å²) in [6.07, 6.45) is 7.49. The largest absolute Gasteiger partial charge is 0.480 e. The number of carboxylic acid groups (broad SMARTS) is 1. The summed E-state index contributed by atoms with van der Waals surface area (Å²) in [6, 6.07) is 3.05. The number of nitrogens with zero attached hydrogens (tertiary/aromatic N) is 3. The molecule has 7 heteroatoms. The molecule has 7 nitrogen and oxygen atoms in total. The molecule has 3 heterocycles. The van der Waals surface area contributed by atoms with E-state index in [1.807, 2.05) is 17.0 Å². The van der Waals surface area contributed by atoms with E-state index in [0.717, 1.165) is 24.8 Å². The lowest BCUT2D eigenvalue weighted by Gasteiger charge is -2.48. The molecule has 2 aliphatic rings. The van der Waals surface area contributed by atoms with Crippen LogP contribution in [0.25, 0.3) is 0 Å². The predicted octanol–water partition coefficient (Wildman–Crippen LogP) is 1.72. The number of hydrogen-bond acceptors (Lipinski definition) is 4. The van der Waals surface area contributed by atoms with Gasteiger partial charge in [0.1, 0.15) is 6.04 Å². The average molecular weight is 373 g/mol. The number of piperidine rings is 2. The van der Waals surface area contributed by atoms with Gasteiger partial charge in [-0.2, -0.15) is 0 Å². The third-order valence-electron chi connectivity index (χ3n) is 6.05. The van der Waals surface area contributed by atoms with E-state index in [2.05, 4.69) is 4.98 Å². The van der Waals surface area contributed by atoms with Crippen molar-refractivity contribution in [2.75, 3.05) is 19.6 Å². The Hall–Kier alpha value is -2.44.